The number of halogens is 2. The number of carbonyl (C=O) groups excluding carboxylic acids is 1. The fourth-order valence-electron chi connectivity index (χ4n) is 6.67. The third-order valence-corrected chi connectivity index (χ3v) is 8.41. The van der Waals surface area contributed by atoms with Gasteiger partial charge in [0, 0.05) is 17.7 Å². The molecule has 3 fully saturated rings. The fourth-order valence-corrected chi connectivity index (χ4v) is 6.67. The zero-order valence-electron chi connectivity index (χ0n) is 18.9. The van der Waals surface area contributed by atoms with E-state index in [0.29, 0.717) is 11.8 Å². The van der Waals surface area contributed by atoms with E-state index in [0.717, 1.165) is 49.1 Å². The molecule has 1 aromatic rings. The number of allylic oxidation sites excluding steroid dienone is 2. The summed E-state index contributed by atoms with van der Waals surface area (Å²) < 4.78 is 33.2. The summed E-state index contributed by atoms with van der Waals surface area (Å²) in [7, 11) is 0. The molecule has 0 spiro atoms. The predicted molar refractivity (Wildman–Crippen MR) is 119 cm³/mol. The van der Waals surface area contributed by atoms with Crippen molar-refractivity contribution in [3.05, 3.63) is 41.5 Å². The van der Waals surface area contributed by atoms with Gasteiger partial charge in [-0.15, -0.1) is 0 Å². The Balaban J connectivity index is 1.36. The van der Waals surface area contributed by atoms with Gasteiger partial charge in [0.05, 0.1) is 5.92 Å². The summed E-state index contributed by atoms with van der Waals surface area (Å²) in [5.41, 5.74) is -0.0457. The molecule has 170 valence electrons. The van der Waals surface area contributed by atoms with Gasteiger partial charge in [0.2, 0.25) is 0 Å². The van der Waals surface area contributed by atoms with Crippen LogP contribution in [0.4, 0.5) is 8.78 Å². The van der Waals surface area contributed by atoms with E-state index in [9.17, 15) is 13.6 Å². The van der Waals surface area contributed by atoms with E-state index in [-0.39, 0.29) is 23.2 Å². The monoisotopic (exact) mass is 430 g/mol. The topological polar surface area (TPSA) is 26.3 Å². The van der Waals surface area contributed by atoms with Crippen LogP contribution in [0.3, 0.4) is 0 Å². The van der Waals surface area contributed by atoms with Crippen LogP contribution in [-0.4, -0.2) is 5.97 Å². The normalized spacial score (nSPS) is 33.8. The first-order chi connectivity index (χ1) is 15.0. The Morgan fingerprint density at radius 3 is 2.29 bits per heavy atom. The van der Waals surface area contributed by atoms with Crippen molar-refractivity contribution < 1.29 is 18.3 Å². The molecule has 1 aromatic carbocycles. The quantitative estimate of drug-likeness (QED) is 0.283. The van der Waals surface area contributed by atoms with Crippen LogP contribution in [0.15, 0.2) is 24.3 Å². The Morgan fingerprint density at radius 2 is 1.61 bits per heavy atom. The molecule has 0 saturated heterocycles. The first kappa shape index (κ1) is 22.5. The number of hydrogen-bond acceptors (Lipinski definition) is 2. The Bertz CT molecular complexity index is 786. The lowest BCUT2D eigenvalue weighted by Crippen LogP contribution is -2.40. The van der Waals surface area contributed by atoms with Gasteiger partial charge in [-0.1, -0.05) is 25.0 Å². The Labute approximate surface area is 185 Å². The molecular weight excluding hydrogens is 394 g/mol. The van der Waals surface area contributed by atoms with Crippen molar-refractivity contribution in [2.24, 2.45) is 35.5 Å². The maximum absolute atomic E-state index is 13.9. The molecule has 4 atom stereocenters. The van der Waals surface area contributed by atoms with Crippen LogP contribution in [0.1, 0.15) is 76.7 Å². The van der Waals surface area contributed by atoms with Crippen LogP contribution in [0.25, 0.3) is 0 Å². The molecule has 0 aliphatic heterocycles. The van der Waals surface area contributed by atoms with Crippen LogP contribution in [0, 0.1) is 54.1 Å². The van der Waals surface area contributed by atoms with E-state index in [1.54, 1.807) is 0 Å². The number of benzene rings is 1. The van der Waals surface area contributed by atoms with Gasteiger partial charge < -0.3 is 4.74 Å². The van der Waals surface area contributed by atoms with Crippen molar-refractivity contribution in [3.63, 3.8) is 0 Å². The van der Waals surface area contributed by atoms with Crippen LogP contribution in [-0.2, 0) is 4.79 Å². The van der Waals surface area contributed by atoms with Crippen LogP contribution in [0.2, 0.25) is 0 Å². The second kappa shape index (κ2) is 9.83. The third-order valence-electron chi connectivity index (χ3n) is 8.41. The van der Waals surface area contributed by atoms with Crippen molar-refractivity contribution in [2.75, 3.05) is 0 Å². The molecule has 0 heterocycles. The highest BCUT2D eigenvalue weighted by Crippen LogP contribution is 2.50. The van der Waals surface area contributed by atoms with Crippen molar-refractivity contribution >= 4 is 5.97 Å². The van der Waals surface area contributed by atoms with Gasteiger partial charge >= 0.3 is 5.97 Å². The molecule has 0 bridgehead atoms. The highest BCUT2D eigenvalue weighted by molar-refractivity contribution is 5.75. The van der Waals surface area contributed by atoms with E-state index in [1.165, 1.54) is 51.9 Å². The zero-order chi connectivity index (χ0) is 22.0. The van der Waals surface area contributed by atoms with Crippen molar-refractivity contribution in [1.29, 1.82) is 0 Å². The van der Waals surface area contributed by atoms with Crippen molar-refractivity contribution in [2.45, 2.75) is 78.1 Å². The fraction of sp³-hybridized carbons (Fsp3) is 0.667. The summed E-state index contributed by atoms with van der Waals surface area (Å²) in [6.07, 6.45) is 16.5. The van der Waals surface area contributed by atoms with Crippen LogP contribution < -0.4 is 4.74 Å². The number of fused-ring (bicyclic) bond motifs is 1. The van der Waals surface area contributed by atoms with Gasteiger partial charge in [-0.2, -0.15) is 0 Å². The minimum atomic E-state index is -0.672. The molecule has 3 saturated carbocycles. The number of carbonyl (C=O) groups is 1. The molecular formula is C27H36F2O2. The Hall–Kier alpha value is -1.71. The first-order valence-corrected chi connectivity index (χ1v) is 12.3. The van der Waals surface area contributed by atoms with Gasteiger partial charge in [-0.3, -0.25) is 4.79 Å². The van der Waals surface area contributed by atoms with E-state index >= 15 is 0 Å². The molecule has 2 nitrogen and oxygen atoms in total. The zero-order valence-corrected chi connectivity index (χ0v) is 18.9. The highest BCUT2D eigenvalue weighted by Gasteiger charge is 2.43. The molecule has 4 heteroatoms. The number of ether oxygens (including phenoxy) is 1. The van der Waals surface area contributed by atoms with Gasteiger partial charge in [-0.05, 0) is 94.8 Å². The first-order valence-electron chi connectivity index (χ1n) is 12.3. The minimum absolute atomic E-state index is 0.0145. The SMILES string of the molecule is C/C=C/C1CCC(C2CCC3C(CCCC3C(=O)Oc3cc(F)c(C)c(F)c3)C2)CC1. The van der Waals surface area contributed by atoms with Gasteiger partial charge in [0.15, 0.2) is 0 Å². The molecule has 0 amide bonds. The maximum atomic E-state index is 13.9. The average Bonchev–Trinajstić information content (AvgIpc) is 2.77. The third kappa shape index (κ3) is 5.04. The molecule has 0 radical (unpaired) electrons. The summed E-state index contributed by atoms with van der Waals surface area (Å²) in [5, 5.41) is 0. The molecule has 31 heavy (non-hydrogen) atoms. The summed E-state index contributed by atoms with van der Waals surface area (Å²) >= 11 is 0. The second-order valence-corrected chi connectivity index (χ2v) is 10.2. The van der Waals surface area contributed by atoms with E-state index in [1.807, 2.05) is 0 Å². The van der Waals surface area contributed by atoms with E-state index < -0.39 is 11.6 Å². The molecule has 3 aliphatic carbocycles. The second-order valence-electron chi connectivity index (χ2n) is 10.2. The molecule has 4 rings (SSSR count). The molecule has 0 aromatic heterocycles. The number of esters is 1. The van der Waals surface area contributed by atoms with Crippen LogP contribution >= 0.6 is 0 Å². The molecule has 3 aliphatic rings. The van der Waals surface area contributed by atoms with Crippen molar-refractivity contribution in [1.82, 2.24) is 0 Å². The molecule has 0 N–H and O–H groups in total. The largest absolute Gasteiger partial charge is 0.426 e. The Morgan fingerprint density at radius 1 is 0.935 bits per heavy atom. The number of hydrogen-bond donors (Lipinski definition) is 0. The van der Waals surface area contributed by atoms with Gasteiger partial charge in [0.25, 0.3) is 0 Å². The Kier molecular flexibility index (Phi) is 7.13. The average molecular weight is 431 g/mol. The maximum Gasteiger partial charge on any atom is 0.314 e. The lowest BCUT2D eigenvalue weighted by Gasteiger charge is -2.45. The van der Waals surface area contributed by atoms with Crippen molar-refractivity contribution in [3.8, 4) is 5.75 Å². The smallest absolute Gasteiger partial charge is 0.314 e. The van der Waals surface area contributed by atoms with Crippen LogP contribution in [0.5, 0.6) is 5.75 Å². The van der Waals surface area contributed by atoms with Gasteiger partial charge in [-0.25, -0.2) is 8.78 Å². The summed E-state index contributed by atoms with van der Waals surface area (Å²) in [5.74, 6) is 1.54. The lowest BCUT2D eigenvalue weighted by molar-refractivity contribution is -0.144. The summed E-state index contributed by atoms with van der Waals surface area (Å²) in [4.78, 5) is 12.9. The predicted octanol–water partition coefficient (Wildman–Crippen LogP) is 7.39. The van der Waals surface area contributed by atoms with Gasteiger partial charge in [0.1, 0.15) is 17.4 Å². The van der Waals surface area contributed by atoms with E-state index in [4.69, 9.17) is 4.74 Å². The number of rotatable bonds is 4. The molecule has 4 unspecified atom stereocenters. The lowest BCUT2D eigenvalue weighted by atomic mass is 9.59. The van der Waals surface area contributed by atoms with E-state index in [2.05, 4.69) is 19.1 Å². The minimum Gasteiger partial charge on any atom is -0.426 e. The highest BCUT2D eigenvalue weighted by atomic mass is 19.1. The summed E-state index contributed by atoms with van der Waals surface area (Å²) in [6.45, 7) is 3.50. The summed E-state index contributed by atoms with van der Waals surface area (Å²) in [6, 6.07) is 2.25. The standard InChI is InChI=1S/C27H36F2O2/c1-3-5-18-8-10-19(11-9-18)20-12-13-23-21(14-20)6-4-7-24(23)27(30)31-22-15-25(28)17(2)26(29)16-22/h3,5,15-16,18-21,23-24H,4,6-14H2,1-2H3/b5-3+.